The molecule has 1 saturated heterocycles. The average molecular weight is 264 g/mol. The molecule has 1 aliphatic heterocycles. The smallest absolute Gasteiger partial charge is 0.226 e. The van der Waals surface area contributed by atoms with Crippen LogP contribution in [0.5, 0.6) is 0 Å². The molecule has 0 bridgehead atoms. The number of pyridine rings is 1. The first-order chi connectivity index (χ1) is 8.77. The van der Waals surface area contributed by atoms with Crippen LogP contribution in [0.25, 0.3) is 0 Å². The van der Waals surface area contributed by atoms with E-state index in [2.05, 4.69) is 4.98 Å². The zero-order chi connectivity index (χ0) is 12.8. The molecule has 0 aromatic carbocycles. The normalized spacial score (nSPS) is 19.5. The van der Waals surface area contributed by atoms with Gasteiger partial charge in [-0.25, -0.2) is 0 Å². The number of nitrogens with zero attached hydrogens (tertiary/aromatic N) is 2. The van der Waals surface area contributed by atoms with E-state index in [-0.39, 0.29) is 5.92 Å². The van der Waals surface area contributed by atoms with Gasteiger partial charge in [-0.15, -0.1) is 0 Å². The second kappa shape index (κ2) is 6.78. The molecule has 0 spiro atoms. The second-order valence-corrected chi connectivity index (χ2v) is 5.93. The highest BCUT2D eigenvalue weighted by atomic mass is 32.2. The van der Waals surface area contributed by atoms with Gasteiger partial charge in [-0.2, -0.15) is 11.8 Å². The predicted molar refractivity (Wildman–Crippen MR) is 75.6 cm³/mol. The molecule has 98 valence electrons. The van der Waals surface area contributed by atoms with Crippen molar-refractivity contribution in [1.82, 2.24) is 9.88 Å². The number of aromatic nitrogens is 1. The van der Waals surface area contributed by atoms with E-state index < -0.39 is 0 Å². The maximum atomic E-state index is 12.2. The zero-order valence-electron chi connectivity index (χ0n) is 10.8. The summed E-state index contributed by atoms with van der Waals surface area (Å²) in [6.45, 7) is 0.796. The Balaban J connectivity index is 1.80. The Hall–Kier alpha value is -1.03. The lowest BCUT2D eigenvalue weighted by atomic mass is 10.0. The quantitative estimate of drug-likeness (QED) is 0.836. The van der Waals surface area contributed by atoms with Crippen molar-refractivity contribution in [3.63, 3.8) is 0 Å². The standard InChI is InChI=1S/C14H20N2OS/c1-16(9-6-12-4-7-15-8-5-12)14(17)13-3-2-10-18-11-13/h4-5,7-8,13H,2-3,6,9-11H2,1H3. The minimum absolute atomic E-state index is 0.242. The number of hydrogen-bond acceptors (Lipinski definition) is 3. The van der Waals surface area contributed by atoms with Gasteiger partial charge in [-0.1, -0.05) is 0 Å². The van der Waals surface area contributed by atoms with Gasteiger partial charge < -0.3 is 4.90 Å². The molecule has 1 fully saturated rings. The van der Waals surface area contributed by atoms with Crippen LogP contribution in [0.4, 0.5) is 0 Å². The van der Waals surface area contributed by atoms with Crippen molar-refractivity contribution >= 4 is 17.7 Å². The third-order valence-corrected chi connectivity index (χ3v) is 4.59. The first-order valence-electron chi connectivity index (χ1n) is 6.49. The highest BCUT2D eigenvalue weighted by Crippen LogP contribution is 2.23. The lowest BCUT2D eigenvalue weighted by Gasteiger charge is -2.26. The Bertz CT molecular complexity index is 377. The fraction of sp³-hybridized carbons (Fsp3) is 0.571. The minimum Gasteiger partial charge on any atom is -0.345 e. The van der Waals surface area contributed by atoms with Crippen molar-refractivity contribution in [2.75, 3.05) is 25.1 Å². The maximum absolute atomic E-state index is 12.2. The van der Waals surface area contributed by atoms with Crippen LogP contribution in [0.1, 0.15) is 18.4 Å². The lowest BCUT2D eigenvalue weighted by molar-refractivity contribution is -0.133. The summed E-state index contributed by atoms with van der Waals surface area (Å²) >= 11 is 1.91. The summed E-state index contributed by atoms with van der Waals surface area (Å²) in [5, 5.41) is 0. The summed E-state index contributed by atoms with van der Waals surface area (Å²) in [6.07, 6.45) is 6.75. The predicted octanol–water partition coefficient (Wildman–Crippen LogP) is 2.23. The molecule has 1 amide bonds. The van der Waals surface area contributed by atoms with Gasteiger partial charge in [0.2, 0.25) is 5.91 Å². The highest BCUT2D eigenvalue weighted by Gasteiger charge is 2.23. The minimum atomic E-state index is 0.242. The molecule has 0 saturated carbocycles. The van der Waals surface area contributed by atoms with Crippen molar-refractivity contribution in [1.29, 1.82) is 0 Å². The van der Waals surface area contributed by atoms with E-state index in [0.717, 1.165) is 25.1 Å². The number of likely N-dealkylation sites (N-methyl/N-ethyl adjacent to an activating group) is 1. The summed E-state index contributed by atoms with van der Waals surface area (Å²) in [4.78, 5) is 18.1. The fourth-order valence-corrected chi connectivity index (χ4v) is 3.33. The first-order valence-corrected chi connectivity index (χ1v) is 7.64. The van der Waals surface area contributed by atoms with Crippen molar-refractivity contribution < 1.29 is 4.79 Å². The van der Waals surface area contributed by atoms with Gasteiger partial charge in [0.1, 0.15) is 0 Å². The number of carbonyl (C=O) groups excluding carboxylic acids is 1. The Morgan fingerprint density at radius 3 is 2.94 bits per heavy atom. The van der Waals surface area contributed by atoms with E-state index in [9.17, 15) is 4.79 Å². The average Bonchev–Trinajstić information content (AvgIpc) is 2.46. The highest BCUT2D eigenvalue weighted by molar-refractivity contribution is 7.99. The molecule has 1 unspecified atom stereocenters. The topological polar surface area (TPSA) is 33.2 Å². The van der Waals surface area contributed by atoms with E-state index in [4.69, 9.17) is 0 Å². The van der Waals surface area contributed by atoms with Crippen LogP contribution >= 0.6 is 11.8 Å². The van der Waals surface area contributed by atoms with E-state index in [1.807, 2.05) is 35.8 Å². The van der Waals surface area contributed by atoms with Gasteiger partial charge in [0, 0.05) is 37.7 Å². The summed E-state index contributed by atoms with van der Waals surface area (Å²) in [5.41, 5.74) is 1.24. The number of rotatable bonds is 4. The van der Waals surface area contributed by atoms with Gasteiger partial charge in [0.15, 0.2) is 0 Å². The third kappa shape index (κ3) is 3.73. The van der Waals surface area contributed by atoms with Crippen molar-refractivity contribution in [2.24, 2.45) is 5.92 Å². The van der Waals surface area contributed by atoms with Crippen LogP contribution in [0.3, 0.4) is 0 Å². The summed E-state index contributed by atoms with van der Waals surface area (Å²) in [7, 11) is 1.92. The van der Waals surface area contributed by atoms with Crippen molar-refractivity contribution in [3.8, 4) is 0 Å². The molecule has 1 aliphatic rings. The van der Waals surface area contributed by atoms with Crippen LogP contribution in [-0.4, -0.2) is 40.9 Å². The zero-order valence-corrected chi connectivity index (χ0v) is 11.7. The van der Waals surface area contributed by atoms with E-state index in [1.165, 1.54) is 17.7 Å². The molecule has 2 rings (SSSR count). The monoisotopic (exact) mass is 264 g/mol. The molecule has 18 heavy (non-hydrogen) atoms. The number of carbonyl (C=O) groups is 1. The van der Waals surface area contributed by atoms with E-state index in [1.54, 1.807) is 12.4 Å². The van der Waals surface area contributed by atoms with Gasteiger partial charge in [0.25, 0.3) is 0 Å². The van der Waals surface area contributed by atoms with Crippen LogP contribution in [0.15, 0.2) is 24.5 Å². The van der Waals surface area contributed by atoms with Crippen LogP contribution in [0.2, 0.25) is 0 Å². The fourth-order valence-electron chi connectivity index (χ4n) is 2.20. The summed E-state index contributed by atoms with van der Waals surface area (Å²) in [6, 6.07) is 4.02. The number of amides is 1. The Morgan fingerprint density at radius 2 is 2.28 bits per heavy atom. The van der Waals surface area contributed by atoms with Gasteiger partial charge in [-0.3, -0.25) is 9.78 Å². The Labute approximate surface area is 113 Å². The molecule has 0 N–H and O–H groups in total. The Morgan fingerprint density at radius 1 is 1.50 bits per heavy atom. The van der Waals surface area contributed by atoms with Crippen molar-refractivity contribution in [3.05, 3.63) is 30.1 Å². The largest absolute Gasteiger partial charge is 0.345 e. The maximum Gasteiger partial charge on any atom is 0.226 e. The van der Waals surface area contributed by atoms with Gasteiger partial charge in [0.05, 0.1) is 0 Å². The van der Waals surface area contributed by atoms with E-state index >= 15 is 0 Å². The summed E-state index contributed by atoms with van der Waals surface area (Å²) in [5.74, 6) is 2.77. The molecule has 2 heterocycles. The molecular weight excluding hydrogens is 244 g/mol. The molecule has 1 aromatic rings. The molecule has 4 heteroatoms. The molecular formula is C14H20N2OS. The number of hydrogen-bond donors (Lipinski definition) is 0. The molecule has 3 nitrogen and oxygen atoms in total. The van der Waals surface area contributed by atoms with Gasteiger partial charge >= 0.3 is 0 Å². The molecule has 0 radical (unpaired) electrons. The van der Waals surface area contributed by atoms with Crippen LogP contribution in [0, 0.1) is 5.92 Å². The number of thioether (sulfide) groups is 1. The summed E-state index contributed by atoms with van der Waals surface area (Å²) < 4.78 is 0. The molecule has 1 aromatic heterocycles. The van der Waals surface area contributed by atoms with Gasteiger partial charge in [-0.05, 0) is 42.7 Å². The lowest BCUT2D eigenvalue weighted by Crippen LogP contribution is -2.36. The first kappa shape index (κ1) is 13.4. The third-order valence-electron chi connectivity index (χ3n) is 3.37. The SMILES string of the molecule is CN(CCc1ccncc1)C(=O)C1CCCSC1. The van der Waals surface area contributed by atoms with Crippen molar-refractivity contribution in [2.45, 2.75) is 19.3 Å². The Kier molecular flexibility index (Phi) is 5.05. The van der Waals surface area contributed by atoms with Crippen LogP contribution < -0.4 is 0 Å². The molecule has 1 atom stereocenters. The second-order valence-electron chi connectivity index (χ2n) is 4.78. The van der Waals surface area contributed by atoms with E-state index in [0.29, 0.717) is 5.91 Å². The van der Waals surface area contributed by atoms with Crippen LogP contribution in [-0.2, 0) is 11.2 Å². The molecule has 0 aliphatic carbocycles.